The molecule has 10 heteroatoms. The van der Waals surface area contributed by atoms with Crippen molar-refractivity contribution < 1.29 is 37.3 Å². The van der Waals surface area contributed by atoms with Crippen molar-refractivity contribution in [2.45, 2.75) is 303 Å². The molecule has 408 valence electrons. The number of esters is 1. The summed E-state index contributed by atoms with van der Waals surface area (Å²) < 4.78 is 30.6. The van der Waals surface area contributed by atoms with Crippen LogP contribution in [0.4, 0.5) is 0 Å². The molecule has 0 radical (unpaired) electrons. The summed E-state index contributed by atoms with van der Waals surface area (Å²) in [7, 11) is 1.50. The lowest BCUT2D eigenvalue weighted by Gasteiger charge is -2.27. The fraction of sp³-hybridized carbons (Fsp3) is 0.898. The Morgan fingerprint density at radius 2 is 0.841 bits per heavy atom. The number of likely N-dealkylation sites (N-methyl/N-ethyl adjacent to an activating group) is 1. The molecule has 3 unspecified atom stereocenters. The molecular formula is C59H116N2O7P+. The number of nitrogens with one attached hydrogen (secondary N) is 1. The molecule has 69 heavy (non-hydrogen) atoms. The molecular weight excluding hydrogens is 880 g/mol. The highest BCUT2D eigenvalue weighted by Gasteiger charge is 2.30. The van der Waals surface area contributed by atoms with Crippen molar-refractivity contribution in [1.82, 2.24) is 5.32 Å². The molecule has 2 N–H and O–H groups in total. The number of carbonyl (C=O) groups is 2. The molecule has 0 rings (SSSR count). The van der Waals surface area contributed by atoms with E-state index in [1.54, 1.807) is 0 Å². The average Bonchev–Trinajstić information content (AvgIpc) is 3.31. The average molecular weight is 997 g/mol. The number of ether oxygens (including phenoxy) is 1. The predicted molar refractivity (Wildman–Crippen MR) is 296 cm³/mol. The van der Waals surface area contributed by atoms with Crippen LogP contribution in [-0.4, -0.2) is 74.3 Å². The minimum atomic E-state index is -4.44. The van der Waals surface area contributed by atoms with Gasteiger partial charge >= 0.3 is 13.8 Å². The van der Waals surface area contributed by atoms with Crippen molar-refractivity contribution in [3.8, 4) is 0 Å². The van der Waals surface area contributed by atoms with Crippen molar-refractivity contribution in [3.05, 3.63) is 24.3 Å². The second-order valence-corrected chi connectivity index (χ2v) is 23.0. The van der Waals surface area contributed by atoms with E-state index in [9.17, 15) is 19.0 Å². The van der Waals surface area contributed by atoms with Gasteiger partial charge in [0, 0.05) is 12.8 Å². The van der Waals surface area contributed by atoms with E-state index >= 15 is 0 Å². The normalized spacial score (nSPS) is 13.9. The number of phosphoric ester groups is 1. The van der Waals surface area contributed by atoms with E-state index in [2.05, 4.69) is 38.2 Å². The molecule has 0 aliphatic carbocycles. The maximum atomic E-state index is 13.5. The van der Waals surface area contributed by atoms with Crippen LogP contribution in [-0.2, 0) is 27.9 Å². The molecule has 0 spiro atoms. The molecule has 0 aromatic carbocycles. The number of rotatable bonds is 54. The van der Waals surface area contributed by atoms with Crippen LogP contribution in [0, 0.1) is 0 Å². The summed E-state index contributed by atoms with van der Waals surface area (Å²) in [4.78, 5) is 37.5. The number of phosphoric acid groups is 1. The van der Waals surface area contributed by atoms with Gasteiger partial charge in [0.15, 0.2) is 0 Å². The third kappa shape index (κ3) is 51.2. The van der Waals surface area contributed by atoms with Crippen LogP contribution in [0.15, 0.2) is 24.3 Å². The minimum Gasteiger partial charge on any atom is -0.456 e. The highest BCUT2D eigenvalue weighted by molar-refractivity contribution is 7.47. The molecule has 0 aliphatic rings. The van der Waals surface area contributed by atoms with Gasteiger partial charge in [-0.3, -0.25) is 18.6 Å². The molecule has 0 aromatic rings. The molecule has 0 saturated carbocycles. The van der Waals surface area contributed by atoms with E-state index in [0.717, 1.165) is 70.6 Å². The first-order valence-corrected chi connectivity index (χ1v) is 31.2. The Kier molecular flexibility index (Phi) is 48.9. The van der Waals surface area contributed by atoms with Gasteiger partial charge in [-0.25, -0.2) is 4.57 Å². The summed E-state index contributed by atoms with van der Waals surface area (Å²) >= 11 is 0. The van der Waals surface area contributed by atoms with Crippen molar-refractivity contribution in [2.75, 3.05) is 40.9 Å². The van der Waals surface area contributed by atoms with Crippen molar-refractivity contribution in [2.24, 2.45) is 0 Å². The lowest BCUT2D eigenvalue weighted by atomic mass is 10.0. The van der Waals surface area contributed by atoms with Gasteiger partial charge in [0.2, 0.25) is 5.91 Å². The number of carbonyl (C=O) groups excluding carboxylic acids is 2. The van der Waals surface area contributed by atoms with Crippen molar-refractivity contribution in [3.63, 3.8) is 0 Å². The van der Waals surface area contributed by atoms with Gasteiger partial charge in [-0.2, -0.15) is 0 Å². The van der Waals surface area contributed by atoms with E-state index in [1.807, 2.05) is 33.3 Å². The topological polar surface area (TPSA) is 111 Å². The minimum absolute atomic E-state index is 0.0407. The molecule has 0 fully saturated rings. The molecule has 9 nitrogen and oxygen atoms in total. The quantitative estimate of drug-likeness (QED) is 0.0205. The Morgan fingerprint density at radius 1 is 0.493 bits per heavy atom. The van der Waals surface area contributed by atoms with Crippen LogP contribution in [0.25, 0.3) is 0 Å². The number of unbranched alkanes of at least 4 members (excludes halogenated alkanes) is 36. The molecule has 0 heterocycles. The first-order valence-electron chi connectivity index (χ1n) is 29.7. The smallest absolute Gasteiger partial charge is 0.456 e. The second kappa shape index (κ2) is 50.0. The van der Waals surface area contributed by atoms with Gasteiger partial charge < -0.3 is 19.4 Å². The summed E-state index contributed by atoms with van der Waals surface area (Å²) in [5.41, 5.74) is 0. The number of amides is 1. The van der Waals surface area contributed by atoms with E-state index in [0.29, 0.717) is 23.9 Å². The summed E-state index contributed by atoms with van der Waals surface area (Å²) in [5, 5.41) is 3.04. The standard InChI is InChI=1S/C59H115N2O7P/c1-7-10-13-16-19-22-25-27-28-29-30-31-32-34-37-40-43-46-49-52-59(63)68-57(50-47-44-41-38-35-24-21-18-15-12-9-3)56(55-67-69(64,65)66-54-53-61(4,5)6)60-58(62)51-48-45-42-39-36-33-26-23-20-17-14-11-8-2/h33,36,47,50,56-57H,7-32,34-35,37-46,48-49,51-55H2,1-6H3,(H-,60,62,64,65)/p+1/b36-33-,50-47-. The number of quaternary nitrogens is 1. The highest BCUT2D eigenvalue weighted by atomic mass is 31.2. The molecule has 0 saturated heterocycles. The monoisotopic (exact) mass is 996 g/mol. The maximum absolute atomic E-state index is 13.5. The van der Waals surface area contributed by atoms with Crippen LogP contribution in [0.3, 0.4) is 0 Å². The van der Waals surface area contributed by atoms with E-state index < -0.39 is 20.0 Å². The Balaban J connectivity index is 5.23. The molecule has 0 aliphatic heterocycles. The van der Waals surface area contributed by atoms with E-state index in [-0.39, 0.29) is 25.1 Å². The summed E-state index contributed by atoms with van der Waals surface area (Å²) in [6.07, 6.45) is 57.5. The van der Waals surface area contributed by atoms with Gasteiger partial charge in [0.05, 0.1) is 33.8 Å². The van der Waals surface area contributed by atoms with Gasteiger partial charge in [-0.05, 0) is 57.4 Å². The fourth-order valence-electron chi connectivity index (χ4n) is 8.76. The fourth-order valence-corrected chi connectivity index (χ4v) is 9.50. The largest absolute Gasteiger partial charge is 0.472 e. The number of allylic oxidation sites excluding steroid dienone is 3. The van der Waals surface area contributed by atoms with E-state index in [4.69, 9.17) is 13.8 Å². The van der Waals surface area contributed by atoms with Gasteiger partial charge in [0.25, 0.3) is 0 Å². The molecule has 3 atom stereocenters. The molecule has 1 amide bonds. The maximum Gasteiger partial charge on any atom is 0.472 e. The van der Waals surface area contributed by atoms with Crippen molar-refractivity contribution >= 4 is 19.7 Å². The lowest BCUT2D eigenvalue weighted by Crippen LogP contribution is -2.47. The van der Waals surface area contributed by atoms with Gasteiger partial charge in [-0.15, -0.1) is 0 Å². The van der Waals surface area contributed by atoms with Gasteiger partial charge in [-0.1, -0.05) is 244 Å². The van der Waals surface area contributed by atoms with Gasteiger partial charge in [0.1, 0.15) is 19.3 Å². The summed E-state index contributed by atoms with van der Waals surface area (Å²) in [5.74, 6) is -0.511. The Labute approximate surface area is 428 Å². The first kappa shape index (κ1) is 67.5. The van der Waals surface area contributed by atoms with Crippen LogP contribution in [0.1, 0.15) is 290 Å². The SMILES string of the molecule is CCCCCCCC/C=C\CCCCCC(=O)NC(COP(=O)(O)OCC[N+](C)(C)C)C(/C=C\CCCCCCCCCCC)OC(=O)CCCCCCCCCCCCCCCCCCCCC. The number of hydrogen-bond acceptors (Lipinski definition) is 6. The lowest BCUT2D eigenvalue weighted by molar-refractivity contribution is -0.870. The van der Waals surface area contributed by atoms with Crippen LogP contribution < -0.4 is 5.32 Å². The highest BCUT2D eigenvalue weighted by Crippen LogP contribution is 2.43. The zero-order chi connectivity index (χ0) is 50.8. The Morgan fingerprint density at radius 3 is 1.25 bits per heavy atom. The summed E-state index contributed by atoms with van der Waals surface area (Å²) in [6, 6.07) is -0.849. The second-order valence-electron chi connectivity index (χ2n) is 21.5. The number of nitrogens with zero attached hydrogens (tertiary/aromatic N) is 1. The summed E-state index contributed by atoms with van der Waals surface area (Å²) in [6.45, 7) is 7.02. The van der Waals surface area contributed by atoms with E-state index in [1.165, 1.54) is 186 Å². The predicted octanol–water partition coefficient (Wildman–Crippen LogP) is 17.8. The first-order chi connectivity index (χ1) is 33.4. The zero-order valence-electron chi connectivity index (χ0n) is 46.6. The Bertz CT molecular complexity index is 1240. The zero-order valence-corrected chi connectivity index (χ0v) is 47.5. The third-order valence-corrected chi connectivity index (χ3v) is 14.4. The number of hydrogen-bond donors (Lipinski definition) is 2. The van der Waals surface area contributed by atoms with Crippen LogP contribution in [0.5, 0.6) is 0 Å². The molecule has 0 bridgehead atoms. The van der Waals surface area contributed by atoms with Crippen LogP contribution in [0.2, 0.25) is 0 Å². The molecule has 0 aromatic heterocycles. The van der Waals surface area contributed by atoms with Crippen LogP contribution >= 0.6 is 7.82 Å². The Hall–Kier alpha value is -1.51. The van der Waals surface area contributed by atoms with Crippen molar-refractivity contribution in [1.29, 1.82) is 0 Å². The third-order valence-electron chi connectivity index (χ3n) is 13.4.